The molecule has 1 fully saturated rings. The Kier molecular flexibility index (Phi) is 5.84. The molecule has 6 nitrogen and oxygen atoms in total. The molecule has 1 amide bonds. The number of ether oxygens (including phenoxy) is 1. The SMILES string of the molecule is CC1CCCC(C)N1S(=O)(=O)c1ccc(NC(=O)C2COc3ccccc3C2)cc1. The van der Waals surface area contributed by atoms with E-state index < -0.39 is 10.0 Å². The van der Waals surface area contributed by atoms with Crippen molar-refractivity contribution in [2.24, 2.45) is 5.92 Å². The van der Waals surface area contributed by atoms with Crippen LogP contribution in [0.4, 0.5) is 5.69 Å². The first-order chi connectivity index (χ1) is 14.4. The molecule has 0 saturated carbocycles. The maximum atomic E-state index is 13.1. The summed E-state index contributed by atoms with van der Waals surface area (Å²) in [5, 5.41) is 2.89. The van der Waals surface area contributed by atoms with Gasteiger partial charge in [0.05, 0.1) is 10.8 Å². The predicted octanol–water partition coefficient (Wildman–Crippen LogP) is 3.83. The Balaban J connectivity index is 1.44. The summed E-state index contributed by atoms with van der Waals surface area (Å²) in [6, 6.07) is 14.2. The molecule has 0 spiro atoms. The van der Waals surface area contributed by atoms with Crippen LogP contribution in [0.3, 0.4) is 0 Å². The van der Waals surface area contributed by atoms with Crippen LogP contribution >= 0.6 is 0 Å². The van der Waals surface area contributed by atoms with Crippen molar-refractivity contribution in [2.45, 2.75) is 56.5 Å². The van der Waals surface area contributed by atoms with Gasteiger partial charge in [0.2, 0.25) is 15.9 Å². The lowest BCUT2D eigenvalue weighted by atomic mass is 9.96. The highest BCUT2D eigenvalue weighted by atomic mass is 32.2. The van der Waals surface area contributed by atoms with Gasteiger partial charge in [0.25, 0.3) is 0 Å². The number of nitrogens with one attached hydrogen (secondary N) is 1. The zero-order chi connectivity index (χ0) is 21.3. The summed E-state index contributed by atoms with van der Waals surface area (Å²) in [5.41, 5.74) is 1.60. The number of carbonyl (C=O) groups excluding carboxylic acids is 1. The van der Waals surface area contributed by atoms with Crippen LogP contribution in [-0.4, -0.2) is 37.3 Å². The van der Waals surface area contributed by atoms with E-state index in [9.17, 15) is 13.2 Å². The van der Waals surface area contributed by atoms with E-state index in [4.69, 9.17) is 4.74 Å². The van der Waals surface area contributed by atoms with Crippen LogP contribution in [0.15, 0.2) is 53.4 Å². The van der Waals surface area contributed by atoms with Crippen LogP contribution in [0.1, 0.15) is 38.7 Å². The van der Waals surface area contributed by atoms with E-state index in [0.717, 1.165) is 30.6 Å². The van der Waals surface area contributed by atoms with E-state index in [1.54, 1.807) is 28.6 Å². The Bertz CT molecular complexity index is 1010. The van der Waals surface area contributed by atoms with Crippen molar-refractivity contribution in [1.82, 2.24) is 4.31 Å². The zero-order valence-corrected chi connectivity index (χ0v) is 18.2. The molecule has 2 aliphatic rings. The molecule has 3 unspecified atom stereocenters. The van der Waals surface area contributed by atoms with Gasteiger partial charge in [-0.2, -0.15) is 4.31 Å². The van der Waals surface area contributed by atoms with Crippen molar-refractivity contribution in [2.75, 3.05) is 11.9 Å². The molecule has 2 heterocycles. The largest absolute Gasteiger partial charge is 0.492 e. The van der Waals surface area contributed by atoms with Gasteiger partial charge in [-0.15, -0.1) is 0 Å². The van der Waals surface area contributed by atoms with Crippen molar-refractivity contribution in [3.05, 3.63) is 54.1 Å². The highest BCUT2D eigenvalue weighted by Gasteiger charge is 2.35. The summed E-state index contributed by atoms with van der Waals surface area (Å²) < 4.78 is 33.6. The number of piperidine rings is 1. The topological polar surface area (TPSA) is 75.7 Å². The van der Waals surface area contributed by atoms with Gasteiger partial charge >= 0.3 is 0 Å². The second-order valence-corrected chi connectivity index (χ2v) is 10.1. The first-order valence-corrected chi connectivity index (χ1v) is 12.0. The minimum atomic E-state index is -3.56. The molecule has 2 aromatic rings. The first kappa shape index (κ1) is 20.9. The average Bonchev–Trinajstić information content (AvgIpc) is 2.73. The highest BCUT2D eigenvalue weighted by Crippen LogP contribution is 2.30. The van der Waals surface area contributed by atoms with E-state index >= 15 is 0 Å². The Morgan fingerprint density at radius 3 is 2.40 bits per heavy atom. The molecule has 160 valence electrons. The molecule has 2 aliphatic heterocycles. The fourth-order valence-corrected chi connectivity index (χ4v) is 6.33. The lowest BCUT2D eigenvalue weighted by Crippen LogP contribution is -2.47. The molecular formula is C23H28N2O4S. The Morgan fingerprint density at radius 2 is 1.70 bits per heavy atom. The lowest BCUT2D eigenvalue weighted by molar-refractivity contribution is -0.121. The number of anilines is 1. The number of hydrogen-bond acceptors (Lipinski definition) is 4. The second-order valence-electron chi connectivity index (χ2n) is 8.30. The summed E-state index contributed by atoms with van der Waals surface area (Å²) >= 11 is 0. The summed E-state index contributed by atoms with van der Waals surface area (Å²) in [7, 11) is -3.56. The fraction of sp³-hybridized carbons (Fsp3) is 0.435. The number of para-hydroxylation sites is 1. The van der Waals surface area contributed by atoms with Crippen molar-refractivity contribution < 1.29 is 17.9 Å². The molecule has 2 aromatic carbocycles. The number of sulfonamides is 1. The number of fused-ring (bicyclic) bond motifs is 1. The summed E-state index contributed by atoms with van der Waals surface area (Å²) in [4.78, 5) is 12.9. The smallest absolute Gasteiger partial charge is 0.243 e. The van der Waals surface area contributed by atoms with Gasteiger partial charge in [-0.05, 0) is 69.0 Å². The third-order valence-corrected chi connectivity index (χ3v) is 8.20. The molecule has 30 heavy (non-hydrogen) atoms. The van der Waals surface area contributed by atoms with Gasteiger partial charge in [-0.25, -0.2) is 8.42 Å². The van der Waals surface area contributed by atoms with Crippen LogP contribution in [-0.2, 0) is 21.2 Å². The number of rotatable bonds is 4. The van der Waals surface area contributed by atoms with Crippen LogP contribution < -0.4 is 10.1 Å². The predicted molar refractivity (Wildman–Crippen MR) is 116 cm³/mol. The second kappa shape index (κ2) is 8.40. The van der Waals surface area contributed by atoms with Crippen LogP contribution in [0.5, 0.6) is 5.75 Å². The molecule has 0 aromatic heterocycles. The van der Waals surface area contributed by atoms with Crippen LogP contribution in [0.2, 0.25) is 0 Å². The first-order valence-electron chi connectivity index (χ1n) is 10.5. The quantitative estimate of drug-likeness (QED) is 0.803. The minimum Gasteiger partial charge on any atom is -0.492 e. The number of benzene rings is 2. The van der Waals surface area contributed by atoms with E-state index in [0.29, 0.717) is 18.7 Å². The Hall–Kier alpha value is -2.38. The molecule has 0 aliphatic carbocycles. The van der Waals surface area contributed by atoms with E-state index in [1.807, 2.05) is 38.1 Å². The zero-order valence-electron chi connectivity index (χ0n) is 17.4. The van der Waals surface area contributed by atoms with Gasteiger partial charge in [-0.3, -0.25) is 4.79 Å². The summed E-state index contributed by atoms with van der Waals surface area (Å²) in [6.07, 6.45) is 3.43. The highest BCUT2D eigenvalue weighted by molar-refractivity contribution is 7.89. The minimum absolute atomic E-state index is 0.00712. The normalized spacial score (nSPS) is 24.5. The maximum Gasteiger partial charge on any atom is 0.243 e. The van der Waals surface area contributed by atoms with E-state index in [2.05, 4.69) is 5.32 Å². The van der Waals surface area contributed by atoms with Crippen molar-refractivity contribution in [1.29, 1.82) is 0 Å². The molecular weight excluding hydrogens is 400 g/mol. The monoisotopic (exact) mass is 428 g/mol. The van der Waals surface area contributed by atoms with Gasteiger partial charge in [0.1, 0.15) is 12.4 Å². The molecule has 3 atom stereocenters. The molecule has 0 radical (unpaired) electrons. The number of amides is 1. The van der Waals surface area contributed by atoms with E-state index in [-0.39, 0.29) is 28.8 Å². The van der Waals surface area contributed by atoms with Crippen molar-refractivity contribution in [3.8, 4) is 5.75 Å². The fourth-order valence-electron chi connectivity index (χ4n) is 4.44. The number of nitrogens with zero attached hydrogens (tertiary/aromatic N) is 1. The van der Waals surface area contributed by atoms with Gasteiger partial charge in [-0.1, -0.05) is 24.6 Å². The summed E-state index contributed by atoms with van der Waals surface area (Å²) in [6.45, 7) is 4.26. The van der Waals surface area contributed by atoms with Gasteiger partial charge in [0.15, 0.2) is 0 Å². The van der Waals surface area contributed by atoms with Gasteiger partial charge < -0.3 is 10.1 Å². The van der Waals surface area contributed by atoms with Crippen molar-refractivity contribution >= 4 is 21.6 Å². The van der Waals surface area contributed by atoms with Crippen LogP contribution in [0, 0.1) is 5.92 Å². The molecule has 7 heteroatoms. The third-order valence-electron chi connectivity index (χ3n) is 6.06. The van der Waals surface area contributed by atoms with E-state index in [1.165, 1.54) is 0 Å². The maximum absolute atomic E-state index is 13.1. The summed E-state index contributed by atoms with van der Waals surface area (Å²) in [5.74, 6) is 0.425. The van der Waals surface area contributed by atoms with Gasteiger partial charge in [0, 0.05) is 17.8 Å². The third kappa shape index (κ3) is 4.09. The molecule has 4 rings (SSSR count). The molecule has 1 saturated heterocycles. The Labute approximate surface area is 178 Å². The van der Waals surface area contributed by atoms with Crippen LogP contribution in [0.25, 0.3) is 0 Å². The standard InChI is InChI=1S/C23H28N2O4S/c1-16-6-5-7-17(2)25(16)30(27,28)21-12-10-20(11-13-21)24-23(26)19-14-18-8-3-4-9-22(18)29-15-19/h3-4,8-13,16-17,19H,5-7,14-15H2,1-2H3,(H,24,26). The lowest BCUT2D eigenvalue weighted by Gasteiger charge is -2.37. The number of carbonyl (C=O) groups is 1. The number of hydrogen-bond donors (Lipinski definition) is 1. The Morgan fingerprint density at radius 1 is 1.03 bits per heavy atom. The molecule has 0 bridgehead atoms. The van der Waals surface area contributed by atoms with Crippen molar-refractivity contribution in [3.63, 3.8) is 0 Å². The molecule has 1 N–H and O–H groups in total. The average molecular weight is 429 g/mol.